The summed E-state index contributed by atoms with van der Waals surface area (Å²) in [6, 6.07) is 8.80. The van der Waals surface area contributed by atoms with Gasteiger partial charge in [0.05, 0.1) is 6.10 Å². The van der Waals surface area contributed by atoms with Crippen molar-refractivity contribution in [1.29, 1.82) is 0 Å². The quantitative estimate of drug-likeness (QED) is 0.693. The summed E-state index contributed by atoms with van der Waals surface area (Å²) in [5.74, 6) is 0.814. The number of methoxy groups -OCH3 is 1. The van der Waals surface area contributed by atoms with Gasteiger partial charge in [0.2, 0.25) is 0 Å². The third kappa shape index (κ3) is 5.34. The van der Waals surface area contributed by atoms with E-state index in [4.69, 9.17) is 16.3 Å². The smallest absolute Gasteiger partial charge is 0.0572 e. The Hall–Kier alpha value is -0.830. The van der Waals surface area contributed by atoms with E-state index in [1.54, 1.807) is 0 Å². The van der Waals surface area contributed by atoms with E-state index in [1.165, 1.54) is 24.0 Å². The van der Waals surface area contributed by atoms with Gasteiger partial charge in [-0.1, -0.05) is 49.7 Å². The molecule has 0 bridgehead atoms. The normalized spacial score (nSPS) is 23.0. The summed E-state index contributed by atoms with van der Waals surface area (Å²) in [4.78, 5) is 0. The van der Waals surface area contributed by atoms with Crippen LogP contribution >= 0.6 is 11.6 Å². The molecule has 0 radical (unpaired) electrons. The molecule has 0 aromatic heterocycles. The molecule has 0 unspecified atom stereocenters. The van der Waals surface area contributed by atoms with E-state index in [0.717, 1.165) is 24.4 Å². The van der Waals surface area contributed by atoms with Crippen LogP contribution in [0.2, 0.25) is 5.02 Å². The molecule has 2 nitrogen and oxygen atoms in total. The van der Waals surface area contributed by atoms with Crippen LogP contribution in [-0.2, 0) is 4.74 Å². The minimum Gasteiger partial charge on any atom is -0.381 e. The first kappa shape index (κ1) is 18.5. The Morgan fingerprint density at radius 3 is 2.35 bits per heavy atom. The van der Waals surface area contributed by atoms with Gasteiger partial charge in [-0.2, -0.15) is 0 Å². The fourth-order valence-corrected chi connectivity index (χ4v) is 3.47. The second kappa shape index (κ2) is 8.86. The van der Waals surface area contributed by atoms with Crippen LogP contribution in [-0.4, -0.2) is 25.8 Å². The van der Waals surface area contributed by atoms with Crippen LogP contribution in [0.5, 0.6) is 0 Å². The summed E-state index contributed by atoms with van der Waals surface area (Å²) in [5.41, 5.74) is 2.58. The lowest BCUT2D eigenvalue weighted by molar-refractivity contribution is 0.0625. The number of halogens is 1. The maximum Gasteiger partial charge on any atom is 0.0572 e. The lowest BCUT2D eigenvalue weighted by Crippen LogP contribution is -2.37. The lowest BCUT2D eigenvalue weighted by atomic mass is 9.85. The molecule has 0 heterocycles. The molecule has 1 aromatic carbocycles. The molecule has 1 saturated carbocycles. The van der Waals surface area contributed by atoms with Crippen molar-refractivity contribution in [3.05, 3.63) is 47.0 Å². The van der Waals surface area contributed by atoms with Gasteiger partial charge in [0.1, 0.15) is 0 Å². The number of nitrogens with one attached hydrogen (secondary N) is 1. The highest BCUT2D eigenvalue weighted by atomic mass is 35.5. The van der Waals surface area contributed by atoms with Crippen LogP contribution < -0.4 is 5.32 Å². The maximum atomic E-state index is 6.03. The van der Waals surface area contributed by atoms with Crippen molar-refractivity contribution in [2.45, 2.75) is 57.6 Å². The molecule has 23 heavy (non-hydrogen) atoms. The Bertz CT molecular complexity index is 489. The minimum absolute atomic E-state index is 0.340. The molecule has 2 rings (SSSR count). The molecular formula is C20H30ClNO. The summed E-state index contributed by atoms with van der Waals surface area (Å²) in [6.07, 6.45) is 5.15. The van der Waals surface area contributed by atoms with Crippen molar-refractivity contribution in [2.75, 3.05) is 13.7 Å². The van der Waals surface area contributed by atoms with E-state index in [1.807, 2.05) is 19.2 Å². The number of hydrogen-bond acceptors (Lipinski definition) is 2. The summed E-state index contributed by atoms with van der Waals surface area (Å²) in [5, 5.41) is 4.55. The average Bonchev–Trinajstić information content (AvgIpc) is 2.56. The highest BCUT2D eigenvalue weighted by Crippen LogP contribution is 2.29. The second-order valence-corrected chi connectivity index (χ2v) is 7.39. The Kier molecular flexibility index (Phi) is 7.13. The molecular weight excluding hydrogens is 306 g/mol. The molecule has 1 aliphatic rings. The number of hydrogen-bond donors (Lipinski definition) is 1. The van der Waals surface area contributed by atoms with Crippen LogP contribution in [0.25, 0.3) is 0 Å². The summed E-state index contributed by atoms with van der Waals surface area (Å²) in [7, 11) is 1.82. The predicted octanol–water partition coefficient (Wildman–Crippen LogP) is 5.18. The largest absolute Gasteiger partial charge is 0.381 e. The van der Waals surface area contributed by atoms with Crippen molar-refractivity contribution < 1.29 is 4.74 Å². The number of benzene rings is 1. The Morgan fingerprint density at radius 2 is 1.83 bits per heavy atom. The fourth-order valence-electron chi connectivity index (χ4n) is 3.35. The van der Waals surface area contributed by atoms with E-state index < -0.39 is 0 Å². The molecule has 0 amide bonds. The summed E-state index contributed by atoms with van der Waals surface area (Å²) >= 11 is 6.03. The highest BCUT2D eigenvalue weighted by molar-refractivity contribution is 6.30. The van der Waals surface area contributed by atoms with Crippen molar-refractivity contribution in [3.8, 4) is 0 Å². The van der Waals surface area contributed by atoms with Crippen LogP contribution in [0.4, 0.5) is 0 Å². The van der Waals surface area contributed by atoms with Crippen molar-refractivity contribution in [1.82, 2.24) is 5.32 Å². The molecule has 3 heteroatoms. The zero-order valence-corrected chi connectivity index (χ0v) is 15.4. The zero-order valence-electron chi connectivity index (χ0n) is 14.6. The van der Waals surface area contributed by atoms with Crippen LogP contribution in [0.15, 0.2) is 36.4 Å². The molecule has 1 fully saturated rings. The van der Waals surface area contributed by atoms with Crippen molar-refractivity contribution in [3.63, 3.8) is 0 Å². The molecule has 1 aliphatic carbocycles. The van der Waals surface area contributed by atoms with Crippen molar-refractivity contribution >= 4 is 11.6 Å². The lowest BCUT2D eigenvalue weighted by Gasteiger charge is -2.31. The number of ether oxygens (including phenoxy) is 1. The van der Waals surface area contributed by atoms with Gasteiger partial charge in [-0.05, 0) is 49.3 Å². The van der Waals surface area contributed by atoms with Crippen molar-refractivity contribution in [2.24, 2.45) is 5.92 Å². The van der Waals surface area contributed by atoms with Crippen LogP contribution in [0.3, 0.4) is 0 Å². The Labute approximate surface area is 146 Å². The maximum absolute atomic E-state index is 6.03. The Morgan fingerprint density at radius 1 is 1.22 bits per heavy atom. The first-order chi connectivity index (χ1) is 11.0. The minimum atomic E-state index is 0.340. The van der Waals surface area contributed by atoms with E-state index in [9.17, 15) is 0 Å². The standard InChI is InChI=1S/C20H30ClNO/c1-14(2)15(3)20(16-5-7-17(21)8-6-16)13-22-18-9-11-19(23-4)12-10-18/h5-8,14,18-20,22H,3,9-13H2,1-2,4H3/t18?,19?,20-/m0/s1. The molecule has 128 valence electrons. The van der Waals surface area contributed by atoms with Gasteiger partial charge < -0.3 is 10.1 Å². The molecule has 0 saturated heterocycles. The van der Waals surface area contributed by atoms with Gasteiger partial charge in [0.25, 0.3) is 0 Å². The fraction of sp³-hybridized carbons (Fsp3) is 0.600. The van der Waals surface area contributed by atoms with E-state index in [-0.39, 0.29) is 0 Å². The summed E-state index contributed by atoms with van der Waals surface area (Å²) in [6.45, 7) is 9.73. The molecule has 1 aromatic rings. The molecule has 0 aliphatic heterocycles. The molecule has 1 atom stereocenters. The van der Waals surface area contributed by atoms with E-state index in [2.05, 4.69) is 37.9 Å². The third-order valence-electron chi connectivity index (χ3n) is 5.08. The van der Waals surface area contributed by atoms with Gasteiger partial charge in [-0.3, -0.25) is 0 Å². The third-order valence-corrected chi connectivity index (χ3v) is 5.33. The molecule has 1 N–H and O–H groups in total. The van der Waals surface area contributed by atoms with E-state index in [0.29, 0.717) is 24.0 Å². The first-order valence-corrected chi connectivity index (χ1v) is 9.09. The van der Waals surface area contributed by atoms with Gasteiger partial charge in [0, 0.05) is 30.6 Å². The second-order valence-electron chi connectivity index (χ2n) is 6.95. The average molecular weight is 336 g/mol. The topological polar surface area (TPSA) is 21.3 Å². The predicted molar refractivity (Wildman–Crippen MR) is 99.2 cm³/mol. The van der Waals surface area contributed by atoms with Gasteiger partial charge in [0.15, 0.2) is 0 Å². The Balaban J connectivity index is 1.98. The monoisotopic (exact) mass is 335 g/mol. The highest BCUT2D eigenvalue weighted by Gasteiger charge is 2.23. The van der Waals surface area contributed by atoms with Crippen LogP contribution in [0.1, 0.15) is 51.0 Å². The molecule has 0 spiro atoms. The number of rotatable bonds is 7. The van der Waals surface area contributed by atoms with Crippen LogP contribution in [0, 0.1) is 5.92 Å². The summed E-state index contributed by atoms with van der Waals surface area (Å²) < 4.78 is 5.46. The zero-order chi connectivity index (χ0) is 16.8. The first-order valence-electron chi connectivity index (χ1n) is 8.71. The SMILES string of the molecule is C=C(C(C)C)[C@H](CNC1CCC(OC)CC1)c1ccc(Cl)cc1. The van der Waals surface area contributed by atoms with Gasteiger partial charge >= 0.3 is 0 Å². The van der Waals surface area contributed by atoms with Gasteiger partial charge in [-0.15, -0.1) is 0 Å². The van der Waals surface area contributed by atoms with Gasteiger partial charge in [-0.25, -0.2) is 0 Å². The van der Waals surface area contributed by atoms with E-state index >= 15 is 0 Å².